The number of thiazole rings is 1. The molecule has 1 unspecified atom stereocenters. The van der Waals surface area contributed by atoms with Gasteiger partial charge in [-0.05, 0) is 61.9 Å². The Morgan fingerprint density at radius 2 is 1.79 bits per heavy atom. The summed E-state index contributed by atoms with van der Waals surface area (Å²) in [7, 11) is 3.29. The lowest BCUT2D eigenvalue weighted by molar-refractivity contribution is 0.393. The Morgan fingerprint density at radius 3 is 2.44 bits per heavy atom. The molecule has 4 nitrogen and oxygen atoms in total. The van der Waals surface area contributed by atoms with E-state index in [1.165, 1.54) is 12.8 Å². The standard InChI is InChI=1S/C28H31FN2O2S/c1-16-6-9-21(14-23(16)29)20(13-19-7-8-19)10-11-24(30)28-31-27(18(3)34-28)22-12-17(2)25(32-4)15-26(22)33-5/h6,9,12,14-15,19-20,24H,7-8,13,30H2,1-5H3/t20-,24?/m0/s1. The van der Waals surface area contributed by atoms with Gasteiger partial charge < -0.3 is 15.2 Å². The first kappa shape index (κ1) is 24.3. The first-order valence-electron chi connectivity index (χ1n) is 11.5. The number of hydrogen-bond acceptors (Lipinski definition) is 5. The molecule has 1 heterocycles. The number of halogens is 1. The maximum absolute atomic E-state index is 14.2. The van der Waals surface area contributed by atoms with E-state index in [1.807, 2.05) is 38.1 Å². The number of rotatable bonds is 7. The molecule has 1 aromatic heterocycles. The van der Waals surface area contributed by atoms with Gasteiger partial charge in [0, 0.05) is 22.4 Å². The van der Waals surface area contributed by atoms with Crippen molar-refractivity contribution in [1.29, 1.82) is 0 Å². The molecule has 1 aliphatic carbocycles. The third-order valence-electron chi connectivity index (χ3n) is 6.33. The van der Waals surface area contributed by atoms with Crippen LogP contribution >= 0.6 is 11.3 Å². The van der Waals surface area contributed by atoms with E-state index in [2.05, 4.69) is 11.8 Å². The second-order valence-corrected chi connectivity index (χ2v) is 10.2. The average Bonchev–Trinajstić information content (AvgIpc) is 3.56. The lowest BCUT2D eigenvalue weighted by atomic mass is 9.93. The van der Waals surface area contributed by atoms with Crippen molar-refractivity contribution in [3.8, 4) is 34.6 Å². The molecule has 0 aliphatic heterocycles. The number of ether oxygens (including phenoxy) is 2. The van der Waals surface area contributed by atoms with Gasteiger partial charge >= 0.3 is 0 Å². The van der Waals surface area contributed by atoms with Crippen LogP contribution in [0.5, 0.6) is 11.5 Å². The van der Waals surface area contributed by atoms with Crippen molar-refractivity contribution in [2.45, 2.75) is 52.0 Å². The number of nitrogens with two attached hydrogens (primary N) is 1. The molecule has 1 saturated carbocycles. The van der Waals surface area contributed by atoms with Gasteiger partial charge in [-0.3, -0.25) is 0 Å². The smallest absolute Gasteiger partial charge is 0.132 e. The van der Waals surface area contributed by atoms with E-state index in [1.54, 1.807) is 38.5 Å². The first-order valence-corrected chi connectivity index (χ1v) is 12.3. The molecule has 34 heavy (non-hydrogen) atoms. The minimum absolute atomic E-state index is 0.0292. The van der Waals surface area contributed by atoms with E-state index in [4.69, 9.17) is 20.2 Å². The Bertz CT molecular complexity index is 1250. The second kappa shape index (κ2) is 10.2. The number of hydrogen-bond donors (Lipinski definition) is 1. The summed E-state index contributed by atoms with van der Waals surface area (Å²) in [5, 5.41) is 0.760. The maximum atomic E-state index is 14.2. The van der Waals surface area contributed by atoms with Crippen LogP contribution in [0.1, 0.15) is 57.8 Å². The van der Waals surface area contributed by atoms with Crippen molar-refractivity contribution >= 4 is 11.3 Å². The highest BCUT2D eigenvalue weighted by Crippen LogP contribution is 2.40. The largest absolute Gasteiger partial charge is 0.496 e. The predicted molar refractivity (Wildman–Crippen MR) is 136 cm³/mol. The minimum Gasteiger partial charge on any atom is -0.496 e. The van der Waals surface area contributed by atoms with Crippen molar-refractivity contribution in [2.75, 3.05) is 14.2 Å². The van der Waals surface area contributed by atoms with Crippen LogP contribution in [0.4, 0.5) is 4.39 Å². The summed E-state index contributed by atoms with van der Waals surface area (Å²) in [6.07, 6.45) is 3.38. The van der Waals surface area contributed by atoms with Crippen LogP contribution in [0, 0.1) is 44.3 Å². The van der Waals surface area contributed by atoms with Gasteiger partial charge in [-0.2, -0.15) is 0 Å². The van der Waals surface area contributed by atoms with Gasteiger partial charge in [-0.25, -0.2) is 9.37 Å². The number of benzene rings is 2. The number of aromatic nitrogens is 1. The fraction of sp³-hybridized carbons (Fsp3) is 0.393. The molecule has 2 aromatic carbocycles. The minimum atomic E-state index is -0.514. The van der Waals surface area contributed by atoms with Gasteiger partial charge in [0.25, 0.3) is 0 Å². The molecule has 1 fully saturated rings. The van der Waals surface area contributed by atoms with Gasteiger partial charge in [0.2, 0.25) is 0 Å². The topological polar surface area (TPSA) is 57.4 Å². The summed E-state index contributed by atoms with van der Waals surface area (Å²) in [4.78, 5) is 5.89. The Kier molecular flexibility index (Phi) is 7.25. The zero-order valence-electron chi connectivity index (χ0n) is 20.4. The third kappa shape index (κ3) is 5.27. The highest BCUT2D eigenvalue weighted by atomic mass is 32.1. The highest BCUT2D eigenvalue weighted by molar-refractivity contribution is 7.12. The number of nitrogens with zero attached hydrogens (tertiary/aromatic N) is 1. The summed E-state index contributed by atoms with van der Waals surface area (Å²) >= 11 is 1.55. The highest BCUT2D eigenvalue weighted by Gasteiger charge is 2.26. The summed E-state index contributed by atoms with van der Waals surface area (Å²) < 4.78 is 25.2. The van der Waals surface area contributed by atoms with Gasteiger partial charge in [-0.1, -0.05) is 36.8 Å². The van der Waals surface area contributed by atoms with Crippen LogP contribution in [0.3, 0.4) is 0 Å². The molecule has 6 heteroatoms. The first-order chi connectivity index (χ1) is 16.3. The van der Waals surface area contributed by atoms with E-state index in [0.29, 0.717) is 17.2 Å². The number of methoxy groups -OCH3 is 2. The molecule has 0 spiro atoms. The van der Waals surface area contributed by atoms with E-state index in [9.17, 15) is 4.39 Å². The summed E-state index contributed by atoms with van der Waals surface area (Å²) in [6.45, 7) is 5.80. The zero-order chi connectivity index (χ0) is 24.4. The molecule has 0 saturated heterocycles. The summed E-state index contributed by atoms with van der Waals surface area (Å²) in [5.41, 5.74) is 10.8. The molecule has 0 bridgehead atoms. The zero-order valence-corrected chi connectivity index (χ0v) is 21.2. The second-order valence-electron chi connectivity index (χ2n) is 8.99. The van der Waals surface area contributed by atoms with Crippen LogP contribution < -0.4 is 15.2 Å². The third-order valence-corrected chi connectivity index (χ3v) is 7.38. The Balaban J connectivity index is 1.62. The molecular formula is C28H31FN2O2S. The Morgan fingerprint density at radius 1 is 1.06 bits per heavy atom. The van der Waals surface area contributed by atoms with Crippen LogP contribution in [-0.2, 0) is 0 Å². The van der Waals surface area contributed by atoms with Gasteiger partial charge in [0.1, 0.15) is 28.4 Å². The fourth-order valence-electron chi connectivity index (χ4n) is 4.09. The van der Waals surface area contributed by atoms with Crippen molar-refractivity contribution in [3.63, 3.8) is 0 Å². The van der Waals surface area contributed by atoms with Crippen molar-refractivity contribution in [3.05, 3.63) is 62.7 Å². The van der Waals surface area contributed by atoms with Gasteiger partial charge in [0.15, 0.2) is 0 Å². The molecular weight excluding hydrogens is 447 g/mol. The predicted octanol–water partition coefficient (Wildman–Crippen LogP) is 6.48. The van der Waals surface area contributed by atoms with E-state index in [-0.39, 0.29) is 11.7 Å². The van der Waals surface area contributed by atoms with Crippen molar-refractivity contribution in [2.24, 2.45) is 11.7 Å². The average molecular weight is 479 g/mol. The normalized spacial score (nSPS) is 14.8. The quantitative estimate of drug-likeness (QED) is 0.395. The maximum Gasteiger partial charge on any atom is 0.132 e. The monoisotopic (exact) mass is 478 g/mol. The van der Waals surface area contributed by atoms with E-state index < -0.39 is 6.04 Å². The Labute approximate surface area is 205 Å². The molecule has 4 rings (SSSR count). The molecule has 1 aliphatic rings. The molecule has 178 valence electrons. The SMILES string of the molecule is COc1cc(OC)c(-c2nc(C(N)C#C[C@@H](CC3CC3)c3ccc(C)c(F)c3)sc2C)cc1C. The van der Waals surface area contributed by atoms with Crippen molar-refractivity contribution in [1.82, 2.24) is 4.98 Å². The molecule has 0 amide bonds. The fourth-order valence-corrected chi connectivity index (χ4v) is 4.98. The molecule has 2 N–H and O–H groups in total. The van der Waals surface area contributed by atoms with Gasteiger partial charge in [0.05, 0.1) is 19.9 Å². The van der Waals surface area contributed by atoms with Crippen LogP contribution in [0.25, 0.3) is 11.3 Å². The van der Waals surface area contributed by atoms with Gasteiger partial charge in [-0.15, -0.1) is 11.3 Å². The van der Waals surface area contributed by atoms with Crippen molar-refractivity contribution < 1.29 is 13.9 Å². The molecule has 3 aromatic rings. The van der Waals surface area contributed by atoms with E-state index >= 15 is 0 Å². The molecule has 0 radical (unpaired) electrons. The summed E-state index contributed by atoms with van der Waals surface area (Å²) in [6, 6.07) is 8.82. The van der Waals surface area contributed by atoms with Crippen LogP contribution in [0.15, 0.2) is 30.3 Å². The lowest BCUT2D eigenvalue weighted by Crippen LogP contribution is -2.08. The number of aryl methyl sites for hydroxylation is 3. The molecule has 2 atom stereocenters. The summed E-state index contributed by atoms with van der Waals surface area (Å²) in [5.74, 6) is 8.49. The van der Waals surface area contributed by atoms with E-state index in [0.717, 1.165) is 44.4 Å². The van der Waals surface area contributed by atoms with Crippen LogP contribution in [-0.4, -0.2) is 19.2 Å². The Hall–Kier alpha value is -2.88. The lowest BCUT2D eigenvalue weighted by Gasteiger charge is -2.12. The van der Waals surface area contributed by atoms with Crippen LogP contribution in [0.2, 0.25) is 0 Å².